The van der Waals surface area contributed by atoms with Crippen molar-refractivity contribution in [1.82, 2.24) is 5.32 Å². The first-order chi connectivity index (χ1) is 4.31. The highest BCUT2D eigenvalue weighted by Gasteiger charge is 1.82. The summed E-state index contributed by atoms with van der Waals surface area (Å²) in [5.41, 5.74) is 1.37. The Kier molecular flexibility index (Phi) is 5.23. The van der Waals surface area contributed by atoms with Crippen molar-refractivity contribution in [3.8, 4) is 0 Å². The van der Waals surface area contributed by atoms with Gasteiger partial charge in [-0.1, -0.05) is 17.7 Å². The van der Waals surface area contributed by atoms with Crippen LogP contribution in [0.1, 0.15) is 13.8 Å². The van der Waals surface area contributed by atoms with E-state index in [-0.39, 0.29) is 0 Å². The first-order valence-electron chi connectivity index (χ1n) is 3.24. The van der Waals surface area contributed by atoms with Crippen LogP contribution in [0.15, 0.2) is 24.3 Å². The van der Waals surface area contributed by atoms with Crippen LogP contribution in [-0.4, -0.2) is 13.1 Å². The topological polar surface area (TPSA) is 12.0 Å². The summed E-state index contributed by atoms with van der Waals surface area (Å²) in [4.78, 5) is 0. The quantitative estimate of drug-likeness (QED) is 0.445. The van der Waals surface area contributed by atoms with Gasteiger partial charge in [-0.15, -0.1) is 6.58 Å². The minimum absolute atomic E-state index is 0.894. The van der Waals surface area contributed by atoms with E-state index < -0.39 is 0 Å². The summed E-state index contributed by atoms with van der Waals surface area (Å²) in [6.45, 7) is 9.62. The number of hydrogen-bond acceptors (Lipinski definition) is 1. The fraction of sp³-hybridized carbons (Fsp3) is 0.500. The van der Waals surface area contributed by atoms with Crippen LogP contribution >= 0.6 is 0 Å². The molecule has 0 aliphatic carbocycles. The molecule has 0 atom stereocenters. The summed E-state index contributed by atoms with van der Waals surface area (Å²) in [5.74, 6) is 0. The normalized spacial score (nSPS) is 11.6. The van der Waals surface area contributed by atoms with E-state index in [2.05, 4.69) is 24.9 Å². The molecule has 0 aliphatic heterocycles. The molecule has 1 N–H and O–H groups in total. The largest absolute Gasteiger partial charge is 0.310 e. The van der Waals surface area contributed by atoms with E-state index in [4.69, 9.17) is 0 Å². The van der Waals surface area contributed by atoms with Crippen LogP contribution < -0.4 is 5.32 Å². The number of rotatable bonds is 4. The second-order valence-corrected chi connectivity index (χ2v) is 2.05. The van der Waals surface area contributed by atoms with Crippen LogP contribution in [0.5, 0.6) is 0 Å². The van der Waals surface area contributed by atoms with E-state index >= 15 is 0 Å². The van der Waals surface area contributed by atoms with Crippen molar-refractivity contribution in [1.29, 1.82) is 0 Å². The first-order valence-corrected chi connectivity index (χ1v) is 3.24. The van der Waals surface area contributed by atoms with Gasteiger partial charge in [0.2, 0.25) is 0 Å². The zero-order chi connectivity index (χ0) is 7.11. The molecule has 0 fully saturated rings. The SMILES string of the molecule is C=CCNCC(C)=CC. The molecule has 0 amide bonds. The van der Waals surface area contributed by atoms with Crippen molar-refractivity contribution in [2.24, 2.45) is 0 Å². The third-order valence-electron chi connectivity index (χ3n) is 1.19. The average molecular weight is 125 g/mol. The Hall–Kier alpha value is -0.560. The van der Waals surface area contributed by atoms with Gasteiger partial charge >= 0.3 is 0 Å². The lowest BCUT2D eigenvalue weighted by molar-refractivity contribution is 0.814. The Labute approximate surface area is 57.5 Å². The van der Waals surface area contributed by atoms with Gasteiger partial charge in [0.1, 0.15) is 0 Å². The van der Waals surface area contributed by atoms with E-state index in [1.807, 2.05) is 13.0 Å². The lowest BCUT2D eigenvalue weighted by atomic mass is 10.3. The number of hydrogen-bond donors (Lipinski definition) is 1. The molecule has 0 heterocycles. The third-order valence-corrected chi connectivity index (χ3v) is 1.19. The Morgan fingerprint density at radius 3 is 2.78 bits per heavy atom. The minimum Gasteiger partial charge on any atom is -0.310 e. The Balaban J connectivity index is 3.17. The van der Waals surface area contributed by atoms with Crippen molar-refractivity contribution >= 4 is 0 Å². The molecule has 0 rings (SSSR count). The van der Waals surface area contributed by atoms with Gasteiger partial charge in [-0.2, -0.15) is 0 Å². The molecule has 1 nitrogen and oxygen atoms in total. The second-order valence-electron chi connectivity index (χ2n) is 2.05. The van der Waals surface area contributed by atoms with Gasteiger partial charge in [0.15, 0.2) is 0 Å². The van der Waals surface area contributed by atoms with Crippen LogP contribution in [0.4, 0.5) is 0 Å². The van der Waals surface area contributed by atoms with Gasteiger partial charge in [-0.05, 0) is 13.8 Å². The molecule has 0 aromatic rings. The first kappa shape index (κ1) is 8.44. The molecule has 0 saturated carbocycles. The van der Waals surface area contributed by atoms with Gasteiger partial charge < -0.3 is 5.32 Å². The molecular weight excluding hydrogens is 110 g/mol. The van der Waals surface area contributed by atoms with E-state index in [0.29, 0.717) is 0 Å². The van der Waals surface area contributed by atoms with E-state index in [1.54, 1.807) is 0 Å². The predicted molar refractivity (Wildman–Crippen MR) is 42.5 cm³/mol. The molecular formula is C8H15N. The minimum atomic E-state index is 0.894. The summed E-state index contributed by atoms with van der Waals surface area (Å²) in [6, 6.07) is 0. The molecule has 0 saturated heterocycles. The number of nitrogens with one attached hydrogen (secondary N) is 1. The maximum absolute atomic E-state index is 3.60. The predicted octanol–water partition coefficient (Wildman–Crippen LogP) is 1.73. The number of allylic oxidation sites excluding steroid dienone is 1. The van der Waals surface area contributed by atoms with Gasteiger partial charge in [-0.25, -0.2) is 0 Å². The van der Waals surface area contributed by atoms with Gasteiger partial charge in [-0.3, -0.25) is 0 Å². The van der Waals surface area contributed by atoms with Crippen molar-refractivity contribution in [3.05, 3.63) is 24.3 Å². The molecule has 0 unspecified atom stereocenters. The lowest BCUT2D eigenvalue weighted by Crippen LogP contribution is -2.15. The highest BCUT2D eigenvalue weighted by Crippen LogP contribution is 1.86. The fourth-order valence-electron chi connectivity index (χ4n) is 0.473. The molecule has 0 aromatic carbocycles. The van der Waals surface area contributed by atoms with Gasteiger partial charge in [0.25, 0.3) is 0 Å². The summed E-state index contributed by atoms with van der Waals surface area (Å²) in [6.07, 6.45) is 3.97. The highest BCUT2D eigenvalue weighted by atomic mass is 14.8. The molecule has 9 heavy (non-hydrogen) atoms. The maximum atomic E-state index is 3.60. The van der Waals surface area contributed by atoms with Crippen LogP contribution in [0.25, 0.3) is 0 Å². The van der Waals surface area contributed by atoms with Gasteiger partial charge in [0, 0.05) is 13.1 Å². The zero-order valence-electron chi connectivity index (χ0n) is 6.28. The Morgan fingerprint density at radius 2 is 2.33 bits per heavy atom. The smallest absolute Gasteiger partial charge is 0.0164 e. The van der Waals surface area contributed by atoms with E-state index in [0.717, 1.165) is 13.1 Å². The van der Waals surface area contributed by atoms with Crippen molar-refractivity contribution in [2.45, 2.75) is 13.8 Å². The van der Waals surface area contributed by atoms with Crippen LogP contribution in [0.3, 0.4) is 0 Å². The monoisotopic (exact) mass is 125 g/mol. The third kappa shape index (κ3) is 5.31. The second kappa shape index (κ2) is 5.57. The summed E-state index contributed by atoms with van der Waals surface area (Å²) in [5, 5.41) is 3.20. The average Bonchev–Trinajstić information content (AvgIpc) is 1.89. The van der Waals surface area contributed by atoms with Crippen LogP contribution in [0, 0.1) is 0 Å². The van der Waals surface area contributed by atoms with Crippen LogP contribution in [-0.2, 0) is 0 Å². The molecule has 0 spiro atoms. The Bertz CT molecular complexity index is 103. The summed E-state index contributed by atoms with van der Waals surface area (Å²) in [7, 11) is 0. The molecule has 0 bridgehead atoms. The molecule has 0 radical (unpaired) electrons. The summed E-state index contributed by atoms with van der Waals surface area (Å²) >= 11 is 0. The molecule has 1 heteroatoms. The zero-order valence-corrected chi connectivity index (χ0v) is 6.28. The van der Waals surface area contributed by atoms with E-state index in [9.17, 15) is 0 Å². The fourth-order valence-corrected chi connectivity index (χ4v) is 0.473. The lowest BCUT2D eigenvalue weighted by Gasteiger charge is -1.98. The molecule has 0 aliphatic rings. The molecule has 52 valence electrons. The molecule has 0 aromatic heterocycles. The van der Waals surface area contributed by atoms with Gasteiger partial charge in [0.05, 0.1) is 0 Å². The Morgan fingerprint density at radius 1 is 1.67 bits per heavy atom. The van der Waals surface area contributed by atoms with Crippen molar-refractivity contribution < 1.29 is 0 Å². The standard InChI is InChI=1S/C8H15N/c1-4-6-9-7-8(3)5-2/h4-5,9H,1,6-7H2,2-3H3. The van der Waals surface area contributed by atoms with Crippen LogP contribution in [0.2, 0.25) is 0 Å². The van der Waals surface area contributed by atoms with Crippen molar-refractivity contribution in [3.63, 3.8) is 0 Å². The van der Waals surface area contributed by atoms with Crippen molar-refractivity contribution in [2.75, 3.05) is 13.1 Å². The highest BCUT2D eigenvalue weighted by molar-refractivity contribution is 4.97. The van der Waals surface area contributed by atoms with E-state index in [1.165, 1.54) is 5.57 Å². The maximum Gasteiger partial charge on any atom is 0.0164 e. The summed E-state index contributed by atoms with van der Waals surface area (Å²) < 4.78 is 0.